The van der Waals surface area contributed by atoms with E-state index < -0.39 is 23.7 Å². The van der Waals surface area contributed by atoms with Gasteiger partial charge in [0.15, 0.2) is 6.23 Å². The Morgan fingerprint density at radius 3 is 2.48 bits per heavy atom. The van der Waals surface area contributed by atoms with Gasteiger partial charge in [0, 0.05) is 11.5 Å². The smallest absolute Gasteiger partial charge is 0.417 e. The van der Waals surface area contributed by atoms with Crippen LogP contribution in [0.4, 0.5) is 4.79 Å². The van der Waals surface area contributed by atoms with Crippen LogP contribution in [0.25, 0.3) is 0 Å². The Bertz CT molecular complexity index is 758. The van der Waals surface area contributed by atoms with Crippen LogP contribution in [0.15, 0.2) is 42.1 Å². The largest absolute Gasteiger partial charge is 0.452 e. The molecule has 1 saturated heterocycles. The summed E-state index contributed by atoms with van der Waals surface area (Å²) in [6, 6.07) is 8.68. The number of ketones is 1. The zero-order valence-corrected chi connectivity index (χ0v) is 16.2. The van der Waals surface area contributed by atoms with Gasteiger partial charge in [0.2, 0.25) is 5.78 Å². The number of halogens is 1. The number of esters is 1. The first-order valence-electron chi connectivity index (χ1n) is 7.83. The number of hydrogen-bond donors (Lipinski definition) is 0. The molecule has 25 heavy (non-hydrogen) atoms. The predicted molar refractivity (Wildman–Crippen MR) is 98.1 cm³/mol. The maximum absolute atomic E-state index is 13.0. The third kappa shape index (κ3) is 2.84. The number of rotatable bonds is 2. The standard InChI is InChI=1S/C18H18INO5/c1-18(2)11-9-12(14(21)10-7-5-4-6-8-10)20(17(23)24-3)15(13(11)19)25-16(18)22/h4-9,11,13,15H,1-3H3/t11-,13?,15-/m1/s1. The third-order valence-corrected chi connectivity index (χ3v) is 6.08. The van der Waals surface area contributed by atoms with Gasteiger partial charge in [0.05, 0.1) is 22.1 Å². The molecule has 1 unspecified atom stereocenters. The number of methoxy groups -OCH3 is 1. The van der Waals surface area contributed by atoms with Crippen molar-refractivity contribution in [3.05, 3.63) is 47.7 Å². The molecule has 0 aliphatic carbocycles. The van der Waals surface area contributed by atoms with Crippen molar-refractivity contribution in [3.63, 3.8) is 0 Å². The van der Waals surface area contributed by atoms with Crippen LogP contribution >= 0.6 is 22.6 Å². The Labute approximate surface area is 159 Å². The highest BCUT2D eigenvalue weighted by molar-refractivity contribution is 14.1. The van der Waals surface area contributed by atoms with Gasteiger partial charge < -0.3 is 9.47 Å². The lowest BCUT2D eigenvalue weighted by Crippen LogP contribution is -2.61. The van der Waals surface area contributed by atoms with E-state index in [1.54, 1.807) is 44.2 Å². The van der Waals surface area contributed by atoms with Crippen molar-refractivity contribution in [2.24, 2.45) is 11.3 Å². The number of allylic oxidation sites excluding steroid dienone is 2. The molecule has 2 aliphatic rings. The fourth-order valence-corrected chi connectivity index (χ4v) is 4.72. The number of carbonyl (C=O) groups excluding carboxylic acids is 3. The van der Waals surface area contributed by atoms with Crippen LogP contribution in [0.2, 0.25) is 0 Å². The predicted octanol–water partition coefficient (Wildman–Crippen LogP) is 3.16. The number of ether oxygens (including phenoxy) is 2. The van der Waals surface area contributed by atoms with Gasteiger partial charge in [-0.2, -0.15) is 0 Å². The zero-order valence-electron chi connectivity index (χ0n) is 14.1. The van der Waals surface area contributed by atoms with E-state index in [4.69, 9.17) is 9.47 Å². The van der Waals surface area contributed by atoms with Crippen molar-refractivity contribution < 1.29 is 23.9 Å². The fraction of sp³-hybridized carbons (Fsp3) is 0.389. The number of alkyl halides is 1. The van der Waals surface area contributed by atoms with Crippen molar-refractivity contribution in [2.75, 3.05) is 7.11 Å². The summed E-state index contributed by atoms with van der Waals surface area (Å²) in [5, 5.41) is 0. The highest BCUT2D eigenvalue weighted by atomic mass is 127. The van der Waals surface area contributed by atoms with E-state index in [9.17, 15) is 14.4 Å². The molecule has 2 heterocycles. The number of hydrogen-bond acceptors (Lipinski definition) is 5. The molecule has 7 heteroatoms. The lowest BCUT2D eigenvalue weighted by molar-refractivity contribution is -0.181. The fourth-order valence-electron chi connectivity index (χ4n) is 3.14. The lowest BCUT2D eigenvalue weighted by Gasteiger charge is -2.49. The maximum atomic E-state index is 13.0. The Kier molecular flexibility index (Phi) is 4.61. The molecule has 0 spiro atoms. The first-order valence-corrected chi connectivity index (χ1v) is 9.07. The number of carbonyl (C=O) groups is 3. The molecule has 6 nitrogen and oxygen atoms in total. The van der Waals surface area contributed by atoms with Gasteiger partial charge >= 0.3 is 12.1 Å². The van der Waals surface area contributed by atoms with Gasteiger partial charge in [-0.15, -0.1) is 0 Å². The summed E-state index contributed by atoms with van der Waals surface area (Å²) in [6.07, 6.45) is 0.111. The monoisotopic (exact) mass is 455 g/mol. The minimum Gasteiger partial charge on any atom is -0.452 e. The Balaban J connectivity index is 2.13. The maximum Gasteiger partial charge on any atom is 0.417 e. The lowest BCUT2D eigenvalue weighted by atomic mass is 9.72. The second-order valence-corrected chi connectivity index (χ2v) is 8.01. The second kappa shape index (κ2) is 6.44. The van der Waals surface area contributed by atoms with Gasteiger partial charge in [-0.1, -0.05) is 59.0 Å². The number of benzene rings is 1. The van der Waals surface area contributed by atoms with Crippen molar-refractivity contribution in [3.8, 4) is 0 Å². The van der Waals surface area contributed by atoms with Crippen LogP contribution in [0, 0.1) is 11.3 Å². The van der Waals surface area contributed by atoms with Crippen molar-refractivity contribution in [1.82, 2.24) is 4.90 Å². The summed E-state index contributed by atoms with van der Waals surface area (Å²) in [7, 11) is 1.23. The van der Waals surface area contributed by atoms with Crippen LogP contribution in [-0.4, -0.2) is 40.0 Å². The minimum atomic E-state index is -0.869. The van der Waals surface area contributed by atoms with E-state index in [0.29, 0.717) is 5.56 Å². The SMILES string of the molecule is COC(=O)N1C(C(=O)c2ccccc2)=C[C@@H]2C(I)[C@H]1OC(=O)C2(C)C. The number of fused-ring (bicyclic) bond motifs is 2. The highest BCUT2D eigenvalue weighted by Gasteiger charge is 2.56. The molecule has 1 aromatic rings. The van der Waals surface area contributed by atoms with Gasteiger partial charge in [-0.25, -0.2) is 9.69 Å². The van der Waals surface area contributed by atoms with E-state index in [1.165, 1.54) is 7.11 Å². The van der Waals surface area contributed by atoms with Crippen LogP contribution in [0.3, 0.4) is 0 Å². The molecule has 3 rings (SSSR count). The number of nitrogens with zero attached hydrogens (tertiary/aromatic N) is 1. The van der Waals surface area contributed by atoms with E-state index in [2.05, 4.69) is 22.6 Å². The van der Waals surface area contributed by atoms with Crippen LogP contribution in [0.1, 0.15) is 24.2 Å². The molecule has 1 aromatic carbocycles. The van der Waals surface area contributed by atoms with Gasteiger partial charge in [-0.05, 0) is 13.8 Å². The summed E-state index contributed by atoms with van der Waals surface area (Å²) in [5.41, 5.74) is -0.148. The average molecular weight is 455 g/mol. The molecule has 3 atom stereocenters. The Morgan fingerprint density at radius 2 is 1.88 bits per heavy atom. The highest BCUT2D eigenvalue weighted by Crippen LogP contribution is 2.47. The van der Waals surface area contributed by atoms with E-state index in [-0.39, 0.29) is 21.3 Å². The summed E-state index contributed by atoms with van der Waals surface area (Å²) >= 11 is 2.16. The molecule has 0 radical (unpaired) electrons. The third-order valence-electron chi connectivity index (χ3n) is 4.69. The van der Waals surface area contributed by atoms with Gasteiger partial charge in [-0.3, -0.25) is 9.59 Å². The topological polar surface area (TPSA) is 72.9 Å². The molecule has 132 valence electrons. The molecule has 0 aromatic heterocycles. The molecular formula is C18H18INO5. The van der Waals surface area contributed by atoms with Crippen LogP contribution in [-0.2, 0) is 14.3 Å². The first kappa shape index (κ1) is 17.9. The van der Waals surface area contributed by atoms with Crippen LogP contribution in [0.5, 0.6) is 0 Å². The number of Topliss-reactive ketones (excluding diaryl/α,β-unsaturated/α-hetero) is 1. The molecule has 2 aliphatic heterocycles. The summed E-state index contributed by atoms with van der Waals surface area (Å²) in [4.78, 5) is 38.9. The summed E-state index contributed by atoms with van der Waals surface area (Å²) < 4.78 is 10.2. The van der Waals surface area contributed by atoms with Crippen molar-refractivity contribution >= 4 is 40.4 Å². The molecule has 2 bridgehead atoms. The quantitative estimate of drug-likeness (QED) is 0.297. The van der Waals surface area contributed by atoms with E-state index in [0.717, 1.165) is 4.90 Å². The summed E-state index contributed by atoms with van der Waals surface area (Å²) in [6.45, 7) is 3.58. The minimum absolute atomic E-state index is 0.182. The van der Waals surface area contributed by atoms with Crippen molar-refractivity contribution in [1.29, 1.82) is 0 Å². The zero-order chi connectivity index (χ0) is 18.4. The van der Waals surface area contributed by atoms with Crippen LogP contribution < -0.4 is 0 Å². The van der Waals surface area contributed by atoms with Gasteiger partial charge in [0.1, 0.15) is 0 Å². The molecule has 0 N–H and O–H groups in total. The molecule has 0 saturated carbocycles. The molecular weight excluding hydrogens is 437 g/mol. The van der Waals surface area contributed by atoms with E-state index >= 15 is 0 Å². The Morgan fingerprint density at radius 1 is 1.24 bits per heavy atom. The average Bonchev–Trinajstić information content (AvgIpc) is 2.61. The Hall–Kier alpha value is -1.90. The number of amides is 1. The van der Waals surface area contributed by atoms with Gasteiger partial charge in [0.25, 0.3) is 0 Å². The normalized spacial score (nSPS) is 27.2. The molecule has 1 amide bonds. The van der Waals surface area contributed by atoms with E-state index in [1.807, 2.05) is 6.07 Å². The molecule has 1 fully saturated rings. The first-order chi connectivity index (χ1) is 11.8. The summed E-state index contributed by atoms with van der Waals surface area (Å²) in [5.74, 6) is -0.937. The van der Waals surface area contributed by atoms with Crippen molar-refractivity contribution in [2.45, 2.75) is 24.0 Å². The second-order valence-electron chi connectivity index (χ2n) is 6.57.